The highest BCUT2D eigenvalue weighted by Crippen LogP contribution is 2.65. The normalized spacial score (nSPS) is 15.9. The number of rotatable bonds is 26. The van der Waals surface area contributed by atoms with E-state index >= 15 is 0 Å². The second kappa shape index (κ2) is 26.4. The number of aliphatic hydroxyl groups excluding tert-OH is 2. The first-order chi connectivity index (χ1) is 19.7. The molecule has 0 aromatic rings. The first kappa shape index (κ1) is 38.3. The smallest absolute Gasteiger partial charge is 0.0717 e. The number of hydrogen-bond acceptors (Lipinski definition) is 15. The van der Waals surface area contributed by atoms with E-state index in [4.69, 9.17) is 29.2 Å². The van der Waals surface area contributed by atoms with Crippen molar-refractivity contribution in [2.24, 2.45) is 0 Å². The third-order valence-corrected chi connectivity index (χ3v) is 16.6. The van der Waals surface area contributed by atoms with Gasteiger partial charge in [0.05, 0.1) is 91.5 Å². The zero-order chi connectivity index (χ0) is 28.7. The van der Waals surface area contributed by atoms with E-state index in [-0.39, 0.29) is 13.2 Å². The maximum atomic E-state index is 8.79. The zero-order valence-corrected chi connectivity index (χ0v) is 30.4. The van der Waals surface area contributed by atoms with Gasteiger partial charge >= 0.3 is 0 Å². The van der Waals surface area contributed by atoms with Crippen LogP contribution in [-0.2, 0) is 18.9 Å². The fourth-order valence-electron chi connectivity index (χ4n) is 2.99. The Labute approximate surface area is 280 Å². The largest absolute Gasteiger partial charge is 0.394 e. The lowest BCUT2D eigenvalue weighted by Crippen LogP contribution is -2.08. The van der Waals surface area contributed by atoms with Crippen molar-refractivity contribution in [3.05, 3.63) is 25.4 Å². The van der Waals surface area contributed by atoms with Gasteiger partial charge in [-0.1, -0.05) is 59.9 Å². The van der Waals surface area contributed by atoms with Gasteiger partial charge in [-0.05, 0) is 30.6 Å². The first-order valence-corrected chi connectivity index (χ1v) is 21.3. The van der Waals surface area contributed by atoms with Crippen LogP contribution in [0.2, 0.25) is 0 Å². The molecule has 0 saturated carbocycles. The number of thiol groups is 1. The summed E-state index contributed by atoms with van der Waals surface area (Å²) in [6, 6.07) is 0. The highest BCUT2D eigenvalue weighted by molar-refractivity contribution is 8.45. The molecule has 6 nitrogen and oxygen atoms in total. The molecular weight excluding hydrogens is 685 g/mol. The van der Waals surface area contributed by atoms with Crippen LogP contribution in [0.25, 0.3) is 0 Å². The molecule has 0 saturated heterocycles. The van der Waals surface area contributed by atoms with Gasteiger partial charge in [0.2, 0.25) is 0 Å². The Morgan fingerprint density at radius 2 is 0.975 bits per heavy atom. The van der Waals surface area contributed by atoms with E-state index in [2.05, 4.69) is 18.9 Å². The number of hydrogen-bond donors (Lipinski definition) is 3. The first-order valence-electron chi connectivity index (χ1n) is 13.2. The molecule has 40 heavy (non-hydrogen) atoms. The summed E-state index contributed by atoms with van der Waals surface area (Å²) in [7, 11) is 0. The maximum absolute atomic E-state index is 8.79. The molecule has 2 aliphatic heterocycles. The lowest BCUT2D eigenvalue weighted by atomic mass is 10.2. The summed E-state index contributed by atoms with van der Waals surface area (Å²) < 4.78 is 30.3. The topological polar surface area (TPSA) is 77.4 Å². The van der Waals surface area contributed by atoms with E-state index in [0.29, 0.717) is 52.9 Å². The molecule has 0 spiro atoms. The van der Waals surface area contributed by atoms with E-state index in [1.54, 1.807) is 0 Å². The summed E-state index contributed by atoms with van der Waals surface area (Å²) in [6.45, 7) is 4.24. The second-order valence-electron chi connectivity index (χ2n) is 7.92. The number of aliphatic hydroxyl groups is 2. The molecule has 0 radical (unpaired) electrons. The maximum Gasteiger partial charge on any atom is 0.0717 e. The van der Waals surface area contributed by atoms with Gasteiger partial charge in [0.1, 0.15) is 0 Å². The van der Waals surface area contributed by atoms with Crippen LogP contribution in [0, 0.1) is 0 Å². The summed E-state index contributed by atoms with van der Waals surface area (Å²) in [5, 5.41) is 17.6. The van der Waals surface area contributed by atoms with Crippen molar-refractivity contribution in [2.75, 3.05) is 95.3 Å². The van der Waals surface area contributed by atoms with Crippen LogP contribution in [0.1, 0.15) is 25.7 Å². The number of thioether (sulfide) groups is 8. The Hall–Kier alpha value is 2.13. The van der Waals surface area contributed by atoms with Gasteiger partial charge in [-0.2, -0.15) is 12.6 Å². The van der Waals surface area contributed by atoms with Crippen LogP contribution >= 0.6 is 107 Å². The molecule has 0 bridgehead atoms. The van der Waals surface area contributed by atoms with E-state index in [0.717, 1.165) is 17.3 Å². The van der Waals surface area contributed by atoms with Gasteiger partial charge in [-0.25, -0.2) is 0 Å². The standard InChI is InChI=1S/C25H42O6S9/c1-33-20-21(34-17-5-3-2-4-16-32)38-24(37-20)25-39-22(35-18-14-30-12-10-28-8-6-26)23(40-25)36-19-15-31-13-11-29-9-7-27/h26-27,32H,2-19H2,1H3. The van der Waals surface area contributed by atoms with Gasteiger partial charge in [-0.15, -0.1) is 47.0 Å². The summed E-state index contributed by atoms with van der Waals surface area (Å²) in [5.74, 6) is 3.94. The van der Waals surface area contributed by atoms with Crippen LogP contribution in [0.5, 0.6) is 0 Å². The van der Waals surface area contributed by atoms with E-state index in [1.807, 2.05) is 94.1 Å². The SMILES string of the molecule is CSC1=C(SCCCCCCS)SC(=C2SC(SCCOCCOCCO)=C(SCCOCCOCCO)S2)S1. The quantitative estimate of drug-likeness (QED) is 0.0611. The Kier molecular flexibility index (Phi) is 25.2. The average Bonchev–Trinajstić information content (AvgIpc) is 3.57. The zero-order valence-electron chi connectivity index (χ0n) is 23.0. The number of ether oxygens (including phenoxy) is 4. The van der Waals surface area contributed by atoms with E-state index in [1.165, 1.54) is 56.9 Å². The van der Waals surface area contributed by atoms with Crippen LogP contribution in [0.15, 0.2) is 25.4 Å². The third-order valence-electron chi connectivity index (χ3n) is 4.85. The molecule has 0 aromatic carbocycles. The lowest BCUT2D eigenvalue weighted by Gasteiger charge is -2.07. The molecule has 0 amide bonds. The van der Waals surface area contributed by atoms with Gasteiger partial charge in [0.15, 0.2) is 0 Å². The Morgan fingerprint density at radius 1 is 0.550 bits per heavy atom. The average molecular weight is 727 g/mol. The number of unbranched alkanes of at least 4 members (excludes halogenated alkanes) is 3. The Balaban J connectivity index is 1.85. The predicted octanol–water partition coefficient (Wildman–Crippen LogP) is 7.43. The van der Waals surface area contributed by atoms with Gasteiger partial charge in [-0.3, -0.25) is 0 Å². The Morgan fingerprint density at radius 3 is 1.45 bits per heavy atom. The summed E-state index contributed by atoms with van der Waals surface area (Å²) in [4.78, 5) is 0. The summed E-state index contributed by atoms with van der Waals surface area (Å²) in [5.41, 5.74) is 0. The molecule has 232 valence electrons. The van der Waals surface area contributed by atoms with Crippen LogP contribution < -0.4 is 0 Å². The molecule has 2 heterocycles. The summed E-state index contributed by atoms with van der Waals surface area (Å²) >= 11 is 19.6. The van der Waals surface area contributed by atoms with Crippen molar-refractivity contribution in [3.8, 4) is 0 Å². The van der Waals surface area contributed by atoms with Crippen molar-refractivity contribution < 1.29 is 29.2 Å². The van der Waals surface area contributed by atoms with Gasteiger partial charge in [0.25, 0.3) is 0 Å². The van der Waals surface area contributed by atoms with Gasteiger partial charge in [0, 0.05) is 11.5 Å². The predicted molar refractivity (Wildman–Crippen MR) is 192 cm³/mol. The lowest BCUT2D eigenvalue weighted by molar-refractivity contribution is 0.0377. The molecule has 0 fully saturated rings. The molecule has 15 heteroatoms. The van der Waals surface area contributed by atoms with Gasteiger partial charge < -0.3 is 29.2 Å². The molecular formula is C25H42O6S9. The minimum absolute atomic E-state index is 0.0428. The summed E-state index contributed by atoms with van der Waals surface area (Å²) in [6.07, 6.45) is 7.23. The van der Waals surface area contributed by atoms with Crippen LogP contribution in [-0.4, -0.2) is 106 Å². The molecule has 2 N–H and O–H groups in total. The molecule has 0 unspecified atom stereocenters. The van der Waals surface area contributed by atoms with E-state index in [9.17, 15) is 0 Å². The van der Waals surface area contributed by atoms with Crippen LogP contribution in [0.4, 0.5) is 0 Å². The molecule has 0 atom stereocenters. The van der Waals surface area contributed by atoms with Crippen molar-refractivity contribution in [1.29, 1.82) is 0 Å². The highest BCUT2D eigenvalue weighted by atomic mass is 32.3. The fourth-order valence-corrected chi connectivity index (χ4v) is 14.7. The molecule has 0 aromatic heterocycles. The van der Waals surface area contributed by atoms with Crippen molar-refractivity contribution >= 4 is 107 Å². The highest BCUT2D eigenvalue weighted by Gasteiger charge is 2.30. The van der Waals surface area contributed by atoms with E-state index < -0.39 is 0 Å². The fraction of sp³-hybridized carbons (Fsp3) is 0.760. The third kappa shape index (κ3) is 17.0. The molecule has 2 rings (SSSR count). The van der Waals surface area contributed by atoms with Crippen LogP contribution in [0.3, 0.4) is 0 Å². The second-order valence-corrected chi connectivity index (χ2v) is 18.1. The molecule has 0 aliphatic carbocycles. The minimum atomic E-state index is 0.0428. The van der Waals surface area contributed by atoms with Crippen molar-refractivity contribution in [1.82, 2.24) is 0 Å². The molecule has 2 aliphatic rings. The Bertz CT molecular complexity index is 748. The monoisotopic (exact) mass is 726 g/mol. The minimum Gasteiger partial charge on any atom is -0.394 e. The van der Waals surface area contributed by atoms with Crippen molar-refractivity contribution in [3.63, 3.8) is 0 Å². The van der Waals surface area contributed by atoms with Crippen molar-refractivity contribution in [2.45, 2.75) is 25.7 Å².